The summed E-state index contributed by atoms with van der Waals surface area (Å²) in [7, 11) is -9.93. The van der Waals surface area contributed by atoms with Gasteiger partial charge in [0.2, 0.25) is 0 Å². The van der Waals surface area contributed by atoms with Crippen LogP contribution >= 0.6 is 15.6 Å². The van der Waals surface area contributed by atoms with Crippen molar-refractivity contribution in [1.29, 1.82) is 0 Å². The molecule has 0 bridgehead atoms. The van der Waals surface area contributed by atoms with E-state index in [1.165, 1.54) is 263 Å². The Morgan fingerprint density at radius 2 is 0.447 bits per heavy atom. The van der Waals surface area contributed by atoms with Crippen LogP contribution in [0.4, 0.5) is 0 Å². The predicted molar refractivity (Wildman–Crippen MR) is 423 cm³/mol. The maximum Gasteiger partial charge on any atom is 0.472 e. The van der Waals surface area contributed by atoms with Crippen LogP contribution in [0.25, 0.3) is 0 Å². The van der Waals surface area contributed by atoms with Crippen molar-refractivity contribution in [3.8, 4) is 0 Å². The van der Waals surface area contributed by atoms with E-state index in [1.807, 2.05) is 0 Å². The molecule has 0 heterocycles. The van der Waals surface area contributed by atoms with Crippen LogP contribution in [0.15, 0.2) is 0 Å². The lowest BCUT2D eigenvalue weighted by Gasteiger charge is -2.21. The highest BCUT2D eigenvalue weighted by molar-refractivity contribution is 7.47. The maximum absolute atomic E-state index is 13.1. The summed E-state index contributed by atoms with van der Waals surface area (Å²) in [6, 6.07) is 0. The Hall–Kier alpha value is -1.94. The minimum Gasteiger partial charge on any atom is -0.462 e. The zero-order chi connectivity index (χ0) is 75.6. The molecule has 0 saturated heterocycles. The summed E-state index contributed by atoms with van der Waals surface area (Å²) in [5.41, 5.74) is 0. The van der Waals surface area contributed by atoms with Crippen LogP contribution in [0.1, 0.15) is 446 Å². The lowest BCUT2D eigenvalue weighted by atomic mass is 10.0. The molecular weight excluding hydrogens is 1340 g/mol. The van der Waals surface area contributed by atoms with Crippen molar-refractivity contribution in [2.45, 2.75) is 464 Å². The third kappa shape index (κ3) is 78.0. The molecule has 0 radical (unpaired) electrons. The second-order valence-corrected chi connectivity index (χ2v) is 34.1. The van der Waals surface area contributed by atoms with Gasteiger partial charge in [0.15, 0.2) is 12.2 Å². The molecule has 0 spiro atoms. The number of carbonyl (C=O) groups is 4. The van der Waals surface area contributed by atoms with Crippen LogP contribution in [0, 0.1) is 11.8 Å². The van der Waals surface area contributed by atoms with E-state index in [2.05, 4.69) is 41.5 Å². The molecule has 612 valence electrons. The molecule has 19 heteroatoms. The Bertz CT molecular complexity index is 1980. The van der Waals surface area contributed by atoms with Gasteiger partial charge >= 0.3 is 39.5 Å². The molecule has 0 aromatic rings. The first-order valence-electron chi connectivity index (χ1n) is 43.5. The smallest absolute Gasteiger partial charge is 0.462 e. The molecular formula is C84H164O17P2. The summed E-state index contributed by atoms with van der Waals surface area (Å²) < 4.78 is 68.9. The van der Waals surface area contributed by atoms with Crippen molar-refractivity contribution in [2.24, 2.45) is 11.8 Å². The zero-order valence-electron chi connectivity index (χ0n) is 67.6. The largest absolute Gasteiger partial charge is 0.472 e. The van der Waals surface area contributed by atoms with Gasteiger partial charge in [-0.1, -0.05) is 395 Å². The Balaban J connectivity index is 5.26. The minimum atomic E-state index is -4.96. The average Bonchev–Trinajstić information content (AvgIpc) is 0.917. The van der Waals surface area contributed by atoms with Crippen molar-refractivity contribution in [2.75, 3.05) is 39.6 Å². The molecule has 0 aromatic heterocycles. The minimum absolute atomic E-state index is 0.108. The van der Waals surface area contributed by atoms with E-state index in [9.17, 15) is 43.2 Å². The van der Waals surface area contributed by atoms with E-state index in [0.717, 1.165) is 102 Å². The van der Waals surface area contributed by atoms with E-state index >= 15 is 0 Å². The topological polar surface area (TPSA) is 237 Å². The molecule has 0 saturated carbocycles. The van der Waals surface area contributed by atoms with Crippen LogP contribution < -0.4 is 0 Å². The van der Waals surface area contributed by atoms with Crippen molar-refractivity contribution >= 4 is 39.5 Å². The average molecular weight is 1510 g/mol. The lowest BCUT2D eigenvalue weighted by molar-refractivity contribution is -0.161. The van der Waals surface area contributed by atoms with Gasteiger partial charge in [-0.05, 0) is 37.5 Å². The van der Waals surface area contributed by atoms with Crippen LogP contribution in [0.2, 0.25) is 0 Å². The highest BCUT2D eigenvalue weighted by atomic mass is 31.2. The first-order valence-corrected chi connectivity index (χ1v) is 46.5. The van der Waals surface area contributed by atoms with Gasteiger partial charge in [0.05, 0.1) is 26.4 Å². The number of hydrogen-bond donors (Lipinski definition) is 3. The molecule has 0 amide bonds. The molecule has 5 atom stereocenters. The van der Waals surface area contributed by atoms with Gasteiger partial charge in [-0.25, -0.2) is 9.13 Å². The van der Waals surface area contributed by atoms with Gasteiger partial charge in [0.1, 0.15) is 19.3 Å². The normalized spacial score (nSPS) is 13.9. The quantitative estimate of drug-likeness (QED) is 0.0222. The molecule has 0 fully saturated rings. The van der Waals surface area contributed by atoms with Gasteiger partial charge in [-0.2, -0.15) is 0 Å². The molecule has 0 aliphatic carbocycles. The van der Waals surface area contributed by atoms with Crippen molar-refractivity contribution in [3.63, 3.8) is 0 Å². The number of hydrogen-bond acceptors (Lipinski definition) is 15. The third-order valence-electron chi connectivity index (χ3n) is 19.7. The van der Waals surface area contributed by atoms with Gasteiger partial charge in [-0.15, -0.1) is 0 Å². The van der Waals surface area contributed by atoms with Crippen LogP contribution in [-0.2, 0) is 65.4 Å². The monoisotopic (exact) mass is 1510 g/mol. The second-order valence-electron chi connectivity index (χ2n) is 31.2. The van der Waals surface area contributed by atoms with Crippen LogP contribution in [0.5, 0.6) is 0 Å². The SMILES string of the molecule is CCCCCCCCCCCCCCCCCCCCC(=O)OC[C@H](COP(=O)(O)OC[C@@H](O)COP(=O)(O)OC[C@@H](COC(=O)CCCCCCCCCCCCC(C)C)OC(=O)CCCCCCCCCCCCCCCC)OC(=O)CCCCCCCCCCCCCCCCCC(C)C. The number of carbonyl (C=O) groups excluding carboxylic acids is 4. The van der Waals surface area contributed by atoms with Crippen molar-refractivity contribution in [3.05, 3.63) is 0 Å². The number of esters is 4. The van der Waals surface area contributed by atoms with Crippen molar-refractivity contribution in [1.82, 2.24) is 0 Å². The van der Waals surface area contributed by atoms with Crippen molar-refractivity contribution < 1.29 is 80.2 Å². The zero-order valence-corrected chi connectivity index (χ0v) is 69.4. The van der Waals surface area contributed by atoms with E-state index < -0.39 is 97.5 Å². The van der Waals surface area contributed by atoms with E-state index in [1.54, 1.807) is 0 Å². The number of rotatable bonds is 83. The highest BCUT2D eigenvalue weighted by Gasteiger charge is 2.30. The fraction of sp³-hybridized carbons (Fsp3) is 0.952. The molecule has 17 nitrogen and oxygen atoms in total. The number of aliphatic hydroxyl groups excluding tert-OH is 1. The second kappa shape index (κ2) is 75.5. The maximum atomic E-state index is 13.1. The lowest BCUT2D eigenvalue weighted by Crippen LogP contribution is -2.30. The van der Waals surface area contributed by atoms with Crippen LogP contribution in [-0.4, -0.2) is 96.7 Å². The highest BCUT2D eigenvalue weighted by Crippen LogP contribution is 2.45. The molecule has 3 N–H and O–H groups in total. The Kier molecular flexibility index (Phi) is 74.1. The number of phosphoric acid groups is 2. The fourth-order valence-corrected chi connectivity index (χ4v) is 14.6. The first-order chi connectivity index (χ1) is 49.9. The number of ether oxygens (including phenoxy) is 4. The molecule has 2 unspecified atom stereocenters. The number of phosphoric ester groups is 2. The molecule has 0 rings (SSSR count). The summed E-state index contributed by atoms with van der Waals surface area (Å²) in [6.07, 6.45) is 66.5. The Morgan fingerprint density at radius 1 is 0.262 bits per heavy atom. The molecule has 0 aliphatic heterocycles. The Morgan fingerprint density at radius 3 is 0.660 bits per heavy atom. The summed E-state index contributed by atoms with van der Waals surface area (Å²) in [6.45, 7) is 9.69. The predicted octanol–water partition coefficient (Wildman–Crippen LogP) is 25.5. The van der Waals surface area contributed by atoms with Crippen LogP contribution in [0.3, 0.4) is 0 Å². The summed E-state index contributed by atoms with van der Waals surface area (Å²) >= 11 is 0. The molecule has 0 aliphatic rings. The third-order valence-corrected chi connectivity index (χ3v) is 21.6. The number of aliphatic hydroxyl groups is 1. The molecule has 103 heavy (non-hydrogen) atoms. The fourth-order valence-electron chi connectivity index (χ4n) is 13.1. The van der Waals surface area contributed by atoms with E-state index in [0.29, 0.717) is 25.7 Å². The van der Waals surface area contributed by atoms with Gasteiger partial charge < -0.3 is 33.8 Å². The molecule has 0 aromatic carbocycles. The van der Waals surface area contributed by atoms with E-state index in [4.69, 9.17) is 37.0 Å². The Labute approximate surface area is 632 Å². The van der Waals surface area contributed by atoms with Gasteiger partial charge in [0.25, 0.3) is 0 Å². The standard InChI is InChI=1S/C84H164O17P2/c1-7-9-11-13-15-17-19-21-23-24-25-28-32-35-42-48-54-60-66-81(86)94-72-79(100-84(89)69-63-57-51-45-37-33-29-26-27-30-34-40-46-52-58-64-76(3)4)74-98-102(90,91)96-70-78(85)71-97-103(92,93)99-75-80(73-95-82(87)67-61-55-49-43-39-38-41-47-53-59-65-77(5)6)101-83(88)68-62-56-50-44-36-31-22-20-18-16-14-12-10-8-2/h76-80,85H,7-75H2,1-6H3,(H,90,91)(H,92,93)/t78-,79-,80-/m1/s1. The summed E-state index contributed by atoms with van der Waals surface area (Å²) in [5, 5.41) is 10.7. The van der Waals surface area contributed by atoms with Gasteiger partial charge in [0, 0.05) is 25.7 Å². The summed E-state index contributed by atoms with van der Waals surface area (Å²) in [5.74, 6) is -0.541. The van der Waals surface area contributed by atoms with Gasteiger partial charge in [-0.3, -0.25) is 37.3 Å². The summed E-state index contributed by atoms with van der Waals surface area (Å²) in [4.78, 5) is 73.2. The first kappa shape index (κ1) is 101. The van der Waals surface area contributed by atoms with E-state index in [-0.39, 0.29) is 25.7 Å². The number of unbranched alkanes of at least 4 members (excludes halogenated alkanes) is 53.